The summed E-state index contributed by atoms with van der Waals surface area (Å²) in [7, 11) is 0. The van der Waals surface area contributed by atoms with E-state index in [2.05, 4.69) is 6.58 Å². The molecule has 0 radical (unpaired) electrons. The summed E-state index contributed by atoms with van der Waals surface area (Å²) in [5.41, 5.74) is -0.252. The molecule has 0 N–H and O–H groups in total. The molecule has 3 heteroatoms. The fourth-order valence-electron chi connectivity index (χ4n) is 0.407. The molecule has 0 heterocycles. The Balaban J connectivity index is 4.25. The van der Waals surface area contributed by atoms with Gasteiger partial charge in [0.1, 0.15) is 5.60 Å². The topological polar surface area (TPSA) is 26.3 Å². The molecule has 1 atom stereocenters. The first-order chi connectivity index (χ1) is 5.27. The Hall–Kier alpha value is -0.500. The van der Waals surface area contributed by atoms with E-state index in [4.69, 9.17) is 16.3 Å². The third-order valence-corrected chi connectivity index (χ3v) is 2.19. The van der Waals surface area contributed by atoms with Gasteiger partial charge in [0.2, 0.25) is 0 Å². The van der Waals surface area contributed by atoms with E-state index in [1.165, 1.54) is 0 Å². The van der Waals surface area contributed by atoms with Crippen molar-refractivity contribution in [1.29, 1.82) is 0 Å². The van der Waals surface area contributed by atoms with Crippen LogP contribution >= 0.6 is 11.6 Å². The Morgan fingerprint density at radius 1 is 1.58 bits per heavy atom. The highest BCUT2D eigenvalue weighted by Crippen LogP contribution is 2.20. The van der Waals surface area contributed by atoms with Crippen LogP contribution in [0.1, 0.15) is 27.7 Å². The molecular formula is C9H15ClO2. The average Bonchev–Trinajstić information content (AvgIpc) is 1.85. The van der Waals surface area contributed by atoms with Crippen molar-refractivity contribution in [2.75, 3.05) is 0 Å². The standard InChI is InChI=1S/C9H15ClO2/c1-6(2)8(11)12-9(4,5)7(3)10/h7H,1H2,2-5H3. The number of ether oxygens (including phenoxy) is 1. The summed E-state index contributed by atoms with van der Waals surface area (Å²) in [4.78, 5) is 11.1. The van der Waals surface area contributed by atoms with Gasteiger partial charge in [0.15, 0.2) is 0 Å². The zero-order valence-electron chi connectivity index (χ0n) is 7.98. The Labute approximate surface area is 78.5 Å². The van der Waals surface area contributed by atoms with E-state index >= 15 is 0 Å². The first-order valence-corrected chi connectivity index (χ1v) is 4.24. The van der Waals surface area contributed by atoms with Crippen molar-refractivity contribution >= 4 is 17.6 Å². The molecule has 1 unspecified atom stereocenters. The Morgan fingerprint density at radius 3 is 2.25 bits per heavy atom. The zero-order valence-corrected chi connectivity index (χ0v) is 8.73. The summed E-state index contributed by atoms with van der Waals surface area (Å²) in [6.45, 7) is 10.4. The number of esters is 1. The van der Waals surface area contributed by atoms with Gasteiger partial charge < -0.3 is 4.74 Å². The van der Waals surface area contributed by atoms with Crippen LogP contribution in [-0.2, 0) is 9.53 Å². The Bertz CT molecular complexity index is 195. The molecule has 0 amide bonds. The fourth-order valence-corrected chi connectivity index (χ4v) is 0.452. The maximum absolute atomic E-state index is 11.1. The third kappa shape index (κ3) is 3.26. The van der Waals surface area contributed by atoms with Crippen LogP contribution in [0.4, 0.5) is 0 Å². The molecule has 0 bridgehead atoms. The first kappa shape index (κ1) is 11.5. The first-order valence-electron chi connectivity index (χ1n) is 3.80. The van der Waals surface area contributed by atoms with E-state index < -0.39 is 11.6 Å². The predicted octanol–water partition coefficient (Wildman–Crippen LogP) is 2.51. The number of hydrogen-bond donors (Lipinski definition) is 0. The summed E-state index contributed by atoms with van der Waals surface area (Å²) >= 11 is 5.81. The molecule has 0 aliphatic carbocycles. The molecular weight excluding hydrogens is 176 g/mol. The molecule has 0 saturated carbocycles. The lowest BCUT2D eigenvalue weighted by Gasteiger charge is -2.27. The van der Waals surface area contributed by atoms with E-state index in [-0.39, 0.29) is 5.38 Å². The van der Waals surface area contributed by atoms with E-state index in [1.807, 2.05) is 0 Å². The maximum atomic E-state index is 11.1. The fraction of sp³-hybridized carbons (Fsp3) is 0.667. The van der Waals surface area contributed by atoms with Crippen LogP contribution in [-0.4, -0.2) is 16.9 Å². The van der Waals surface area contributed by atoms with Gasteiger partial charge in [0, 0.05) is 5.57 Å². The number of rotatable bonds is 3. The molecule has 0 aliphatic rings. The minimum Gasteiger partial charge on any atom is -0.455 e. The molecule has 0 aromatic carbocycles. The van der Waals surface area contributed by atoms with Gasteiger partial charge in [-0.3, -0.25) is 0 Å². The predicted molar refractivity (Wildman–Crippen MR) is 50.3 cm³/mol. The van der Waals surface area contributed by atoms with Crippen molar-refractivity contribution in [3.05, 3.63) is 12.2 Å². The van der Waals surface area contributed by atoms with Crippen molar-refractivity contribution in [3.63, 3.8) is 0 Å². The molecule has 0 aromatic rings. The SMILES string of the molecule is C=C(C)C(=O)OC(C)(C)C(C)Cl. The Morgan fingerprint density at radius 2 is 2.00 bits per heavy atom. The van der Waals surface area contributed by atoms with Gasteiger partial charge in [-0.2, -0.15) is 0 Å². The lowest BCUT2D eigenvalue weighted by molar-refractivity contribution is -0.151. The van der Waals surface area contributed by atoms with E-state index in [9.17, 15) is 4.79 Å². The normalized spacial score (nSPS) is 13.8. The van der Waals surface area contributed by atoms with Crippen molar-refractivity contribution < 1.29 is 9.53 Å². The van der Waals surface area contributed by atoms with Gasteiger partial charge >= 0.3 is 5.97 Å². The highest BCUT2D eigenvalue weighted by atomic mass is 35.5. The van der Waals surface area contributed by atoms with Crippen LogP contribution in [0.5, 0.6) is 0 Å². The second-order valence-corrected chi connectivity index (χ2v) is 4.04. The van der Waals surface area contributed by atoms with Crippen LogP contribution in [0.3, 0.4) is 0 Å². The van der Waals surface area contributed by atoms with Crippen molar-refractivity contribution in [3.8, 4) is 0 Å². The summed E-state index contributed by atoms with van der Waals surface area (Å²) in [6, 6.07) is 0. The molecule has 70 valence electrons. The second kappa shape index (κ2) is 3.94. The van der Waals surface area contributed by atoms with Gasteiger partial charge in [0.05, 0.1) is 5.38 Å². The molecule has 0 rings (SSSR count). The lowest BCUT2D eigenvalue weighted by atomic mass is 10.1. The molecule has 0 fully saturated rings. The van der Waals surface area contributed by atoms with E-state index in [0.29, 0.717) is 5.57 Å². The van der Waals surface area contributed by atoms with Crippen LogP contribution in [0, 0.1) is 0 Å². The molecule has 0 aliphatic heterocycles. The van der Waals surface area contributed by atoms with Crippen LogP contribution < -0.4 is 0 Å². The second-order valence-electron chi connectivity index (χ2n) is 3.39. The molecule has 0 spiro atoms. The van der Waals surface area contributed by atoms with E-state index in [0.717, 1.165) is 0 Å². The quantitative estimate of drug-likeness (QED) is 0.388. The average molecular weight is 191 g/mol. The lowest BCUT2D eigenvalue weighted by Crippen LogP contribution is -2.36. The summed E-state index contributed by atoms with van der Waals surface area (Å²) < 4.78 is 5.09. The van der Waals surface area contributed by atoms with Gasteiger partial charge in [0.25, 0.3) is 0 Å². The third-order valence-electron chi connectivity index (χ3n) is 1.66. The van der Waals surface area contributed by atoms with Crippen molar-refractivity contribution in [2.24, 2.45) is 0 Å². The van der Waals surface area contributed by atoms with Crippen LogP contribution in [0.2, 0.25) is 0 Å². The smallest absolute Gasteiger partial charge is 0.333 e. The molecule has 12 heavy (non-hydrogen) atoms. The molecule has 0 aromatic heterocycles. The zero-order chi connectivity index (χ0) is 9.94. The number of carbonyl (C=O) groups excluding carboxylic acids is 1. The van der Waals surface area contributed by atoms with Gasteiger partial charge in [-0.1, -0.05) is 6.58 Å². The van der Waals surface area contributed by atoms with Crippen molar-refractivity contribution in [1.82, 2.24) is 0 Å². The maximum Gasteiger partial charge on any atom is 0.333 e. The molecule has 2 nitrogen and oxygen atoms in total. The monoisotopic (exact) mass is 190 g/mol. The van der Waals surface area contributed by atoms with Crippen LogP contribution in [0.15, 0.2) is 12.2 Å². The highest BCUT2D eigenvalue weighted by Gasteiger charge is 2.28. The summed E-state index contributed by atoms with van der Waals surface area (Å²) in [5, 5.41) is -0.221. The van der Waals surface area contributed by atoms with Gasteiger partial charge in [-0.05, 0) is 27.7 Å². The minimum absolute atomic E-state index is 0.221. The molecule has 0 saturated heterocycles. The Kier molecular flexibility index (Phi) is 3.78. The number of alkyl halides is 1. The largest absolute Gasteiger partial charge is 0.455 e. The van der Waals surface area contributed by atoms with E-state index in [1.54, 1.807) is 27.7 Å². The van der Waals surface area contributed by atoms with Crippen LogP contribution in [0.25, 0.3) is 0 Å². The number of halogens is 1. The van der Waals surface area contributed by atoms with Gasteiger partial charge in [-0.15, -0.1) is 11.6 Å². The number of carbonyl (C=O) groups is 1. The highest BCUT2D eigenvalue weighted by molar-refractivity contribution is 6.21. The van der Waals surface area contributed by atoms with Crippen molar-refractivity contribution in [2.45, 2.75) is 38.7 Å². The summed E-state index contributed by atoms with van der Waals surface area (Å²) in [6.07, 6.45) is 0. The minimum atomic E-state index is -0.641. The summed E-state index contributed by atoms with van der Waals surface area (Å²) in [5.74, 6) is -0.396. The number of hydrogen-bond acceptors (Lipinski definition) is 2. The van der Waals surface area contributed by atoms with Gasteiger partial charge in [-0.25, -0.2) is 4.79 Å².